The van der Waals surface area contributed by atoms with E-state index in [-0.39, 0.29) is 19.1 Å². The van der Waals surface area contributed by atoms with Crippen LogP contribution in [0.4, 0.5) is 4.79 Å². The van der Waals surface area contributed by atoms with Crippen molar-refractivity contribution in [2.45, 2.75) is 31.4 Å². The number of esters is 1. The first kappa shape index (κ1) is 24.7. The predicted molar refractivity (Wildman–Crippen MR) is 120 cm³/mol. The Morgan fingerprint density at radius 2 is 1.56 bits per heavy atom. The zero-order chi connectivity index (χ0) is 24.9. The Morgan fingerprint density at radius 3 is 2.09 bits per heavy atom. The van der Waals surface area contributed by atoms with Gasteiger partial charge in [-0.25, -0.2) is 14.4 Å². The Kier molecular flexibility index (Phi) is 7.52. The van der Waals surface area contributed by atoms with Crippen LogP contribution in [0.3, 0.4) is 0 Å². The Bertz CT molecular complexity index is 1050. The third-order valence-electron chi connectivity index (χ3n) is 5.46. The van der Waals surface area contributed by atoms with Gasteiger partial charge in [0, 0.05) is 5.92 Å². The SMILES string of the molecule is CCOC(=O)C(NC(=O)OCC1c2ccccc2-c2ccccc21)C(=O)NCC(C)(O)C(=O)O. The van der Waals surface area contributed by atoms with Crippen molar-refractivity contribution in [2.75, 3.05) is 19.8 Å². The number of fused-ring (bicyclic) bond motifs is 3. The van der Waals surface area contributed by atoms with Crippen LogP contribution in [0.2, 0.25) is 0 Å². The van der Waals surface area contributed by atoms with Crippen molar-refractivity contribution in [1.29, 1.82) is 0 Å². The van der Waals surface area contributed by atoms with Crippen LogP contribution in [-0.4, -0.2) is 65.6 Å². The molecule has 0 bridgehead atoms. The highest BCUT2D eigenvalue weighted by Gasteiger charge is 2.35. The van der Waals surface area contributed by atoms with Crippen LogP contribution in [0.5, 0.6) is 0 Å². The summed E-state index contributed by atoms with van der Waals surface area (Å²) in [5.74, 6) is -3.89. The van der Waals surface area contributed by atoms with E-state index in [1.54, 1.807) is 0 Å². The summed E-state index contributed by atoms with van der Waals surface area (Å²) in [6, 6.07) is 13.7. The number of aliphatic carboxylic acids is 1. The van der Waals surface area contributed by atoms with Crippen molar-refractivity contribution in [3.05, 3.63) is 59.7 Å². The number of hydrogen-bond donors (Lipinski definition) is 4. The molecule has 0 heterocycles. The zero-order valence-electron chi connectivity index (χ0n) is 18.7. The molecule has 2 aromatic rings. The second-order valence-electron chi connectivity index (χ2n) is 7.95. The highest BCUT2D eigenvalue weighted by Crippen LogP contribution is 2.44. The number of ether oxygens (including phenoxy) is 2. The minimum atomic E-state index is -2.27. The molecule has 0 aliphatic heterocycles. The van der Waals surface area contributed by atoms with E-state index in [0.717, 1.165) is 29.2 Å². The Labute approximate surface area is 195 Å². The molecule has 2 aromatic carbocycles. The maximum atomic E-state index is 12.5. The van der Waals surface area contributed by atoms with Gasteiger partial charge in [-0.3, -0.25) is 10.1 Å². The fraction of sp³-hybridized carbons (Fsp3) is 0.333. The highest BCUT2D eigenvalue weighted by molar-refractivity contribution is 6.04. The van der Waals surface area contributed by atoms with Crippen molar-refractivity contribution in [3.8, 4) is 11.1 Å². The molecule has 2 atom stereocenters. The molecule has 0 spiro atoms. The second kappa shape index (κ2) is 10.3. The first-order valence-electron chi connectivity index (χ1n) is 10.7. The molecule has 1 aliphatic carbocycles. The molecule has 34 heavy (non-hydrogen) atoms. The molecule has 0 saturated heterocycles. The summed E-state index contributed by atoms with van der Waals surface area (Å²) in [4.78, 5) is 48.2. The van der Waals surface area contributed by atoms with Crippen molar-refractivity contribution in [2.24, 2.45) is 0 Å². The van der Waals surface area contributed by atoms with Gasteiger partial charge in [0.1, 0.15) is 6.61 Å². The van der Waals surface area contributed by atoms with Crippen LogP contribution in [-0.2, 0) is 23.9 Å². The largest absolute Gasteiger partial charge is 0.479 e. The van der Waals surface area contributed by atoms with Gasteiger partial charge in [-0.1, -0.05) is 48.5 Å². The molecule has 0 fully saturated rings. The zero-order valence-corrected chi connectivity index (χ0v) is 18.7. The molecule has 0 saturated carbocycles. The van der Waals surface area contributed by atoms with Crippen LogP contribution >= 0.6 is 0 Å². The summed E-state index contributed by atoms with van der Waals surface area (Å²) in [7, 11) is 0. The number of carboxylic acid groups (broad SMARTS) is 1. The number of aliphatic hydroxyl groups is 1. The van der Waals surface area contributed by atoms with Gasteiger partial charge in [0.05, 0.1) is 13.2 Å². The molecule has 2 unspecified atom stereocenters. The lowest BCUT2D eigenvalue weighted by molar-refractivity contribution is -0.156. The van der Waals surface area contributed by atoms with Crippen LogP contribution in [0, 0.1) is 0 Å². The smallest absolute Gasteiger partial charge is 0.408 e. The maximum absolute atomic E-state index is 12.5. The van der Waals surface area contributed by atoms with E-state index in [9.17, 15) is 24.3 Å². The number of nitrogens with one attached hydrogen (secondary N) is 2. The fourth-order valence-electron chi connectivity index (χ4n) is 3.65. The number of carbonyl (C=O) groups excluding carboxylic acids is 3. The summed E-state index contributed by atoms with van der Waals surface area (Å²) in [6.07, 6.45) is -1.03. The van der Waals surface area contributed by atoms with E-state index < -0.39 is 42.1 Å². The van der Waals surface area contributed by atoms with Gasteiger partial charge < -0.3 is 25.0 Å². The number of amides is 2. The summed E-state index contributed by atoms with van der Waals surface area (Å²) >= 11 is 0. The van der Waals surface area contributed by atoms with Gasteiger partial charge in [0.15, 0.2) is 5.60 Å². The molecular formula is C24H26N2O8. The predicted octanol–water partition coefficient (Wildman–Crippen LogP) is 1.41. The van der Waals surface area contributed by atoms with E-state index in [4.69, 9.17) is 14.6 Å². The van der Waals surface area contributed by atoms with E-state index in [1.807, 2.05) is 48.5 Å². The minimum Gasteiger partial charge on any atom is -0.479 e. The number of hydrogen-bond acceptors (Lipinski definition) is 7. The van der Waals surface area contributed by atoms with E-state index in [2.05, 4.69) is 10.6 Å². The van der Waals surface area contributed by atoms with Gasteiger partial charge in [-0.2, -0.15) is 0 Å². The second-order valence-corrected chi connectivity index (χ2v) is 7.95. The average molecular weight is 470 g/mol. The average Bonchev–Trinajstić information content (AvgIpc) is 3.13. The molecule has 2 amide bonds. The lowest BCUT2D eigenvalue weighted by Crippen LogP contribution is -2.55. The van der Waals surface area contributed by atoms with Gasteiger partial charge in [0.2, 0.25) is 6.04 Å². The maximum Gasteiger partial charge on any atom is 0.408 e. The summed E-state index contributed by atoms with van der Waals surface area (Å²) < 4.78 is 10.2. The monoisotopic (exact) mass is 470 g/mol. The van der Waals surface area contributed by atoms with Crippen LogP contribution < -0.4 is 10.6 Å². The third kappa shape index (κ3) is 5.34. The van der Waals surface area contributed by atoms with E-state index in [0.29, 0.717) is 0 Å². The number of alkyl carbamates (subject to hydrolysis) is 1. The molecule has 180 valence electrons. The molecule has 10 heteroatoms. The number of benzene rings is 2. The van der Waals surface area contributed by atoms with Gasteiger partial charge in [-0.05, 0) is 36.1 Å². The Balaban J connectivity index is 1.67. The number of carbonyl (C=O) groups is 4. The topological polar surface area (TPSA) is 151 Å². The quantitative estimate of drug-likeness (QED) is 0.317. The summed E-state index contributed by atoms with van der Waals surface area (Å²) in [6.45, 7) is 1.72. The highest BCUT2D eigenvalue weighted by atomic mass is 16.6. The molecule has 0 radical (unpaired) electrons. The lowest BCUT2D eigenvalue weighted by atomic mass is 9.98. The first-order chi connectivity index (χ1) is 16.2. The molecule has 10 nitrogen and oxygen atoms in total. The minimum absolute atomic E-state index is 0.0370. The summed E-state index contributed by atoms with van der Waals surface area (Å²) in [5, 5.41) is 23.0. The van der Waals surface area contributed by atoms with Gasteiger partial charge >= 0.3 is 18.0 Å². The van der Waals surface area contributed by atoms with Gasteiger partial charge in [0.25, 0.3) is 5.91 Å². The van der Waals surface area contributed by atoms with Crippen LogP contribution in [0.1, 0.15) is 30.9 Å². The molecule has 1 aliphatic rings. The fourth-order valence-corrected chi connectivity index (χ4v) is 3.65. The standard InChI is InChI=1S/C24H26N2O8/c1-3-33-21(28)19(20(27)25-13-24(2,32)22(29)30)26-23(31)34-12-18-16-10-6-4-8-14(16)15-9-5-7-11-17(15)18/h4-11,18-19,32H,3,12-13H2,1-2H3,(H,25,27)(H,26,31)(H,29,30). The van der Waals surface area contributed by atoms with Crippen molar-refractivity contribution < 1.29 is 38.9 Å². The van der Waals surface area contributed by atoms with Crippen LogP contribution in [0.15, 0.2) is 48.5 Å². The molecule has 3 rings (SSSR count). The molecular weight excluding hydrogens is 444 g/mol. The van der Waals surface area contributed by atoms with Crippen LogP contribution in [0.25, 0.3) is 11.1 Å². The Hall–Kier alpha value is -3.92. The first-order valence-corrected chi connectivity index (χ1v) is 10.7. The summed E-state index contributed by atoms with van der Waals surface area (Å²) in [5.41, 5.74) is 1.81. The molecule has 4 N–H and O–H groups in total. The van der Waals surface area contributed by atoms with E-state index >= 15 is 0 Å². The lowest BCUT2D eigenvalue weighted by Gasteiger charge is -2.21. The number of carboxylic acids is 1. The van der Waals surface area contributed by atoms with Crippen molar-refractivity contribution in [3.63, 3.8) is 0 Å². The van der Waals surface area contributed by atoms with Crippen molar-refractivity contribution in [1.82, 2.24) is 10.6 Å². The third-order valence-corrected chi connectivity index (χ3v) is 5.46. The number of rotatable bonds is 9. The van der Waals surface area contributed by atoms with Crippen molar-refractivity contribution >= 4 is 23.9 Å². The normalized spacial score (nSPS) is 14.7. The molecule has 0 aromatic heterocycles. The Morgan fingerprint density at radius 1 is 1.00 bits per heavy atom. The van der Waals surface area contributed by atoms with Gasteiger partial charge in [-0.15, -0.1) is 0 Å². The van der Waals surface area contributed by atoms with E-state index in [1.165, 1.54) is 6.92 Å².